The molecule has 3 rings (SSSR count). The molecule has 174 valence electrons. The molecule has 2 aromatic rings. The summed E-state index contributed by atoms with van der Waals surface area (Å²) in [6, 6.07) is 14.8. The Morgan fingerprint density at radius 3 is 1.78 bits per heavy atom. The fourth-order valence-corrected chi connectivity index (χ4v) is 3.03. The van der Waals surface area contributed by atoms with Crippen LogP contribution < -0.4 is 18.9 Å². The van der Waals surface area contributed by atoms with Gasteiger partial charge in [0.1, 0.15) is 32.0 Å². The van der Waals surface area contributed by atoms with Crippen molar-refractivity contribution in [2.24, 2.45) is 0 Å². The zero-order chi connectivity index (χ0) is 22.7. The number of carboxylic acids is 1. The summed E-state index contributed by atoms with van der Waals surface area (Å²) in [4.78, 5) is 10.8. The molecule has 8 heteroatoms. The molecule has 1 aliphatic rings. The van der Waals surface area contributed by atoms with Crippen molar-refractivity contribution < 1.29 is 38.3 Å². The van der Waals surface area contributed by atoms with Gasteiger partial charge in [-0.15, -0.1) is 0 Å². The van der Waals surface area contributed by atoms with Gasteiger partial charge in [-0.3, -0.25) is 4.79 Å². The van der Waals surface area contributed by atoms with E-state index in [4.69, 9.17) is 33.5 Å². The summed E-state index contributed by atoms with van der Waals surface area (Å²) in [6.07, 6.45) is 0.428. The van der Waals surface area contributed by atoms with Crippen molar-refractivity contribution in [2.75, 3.05) is 46.2 Å². The molecule has 0 unspecified atom stereocenters. The maximum absolute atomic E-state index is 10.8. The molecule has 0 spiro atoms. The van der Waals surface area contributed by atoms with Crippen molar-refractivity contribution in [3.05, 3.63) is 48.5 Å². The first-order chi connectivity index (χ1) is 15.6. The second kappa shape index (κ2) is 12.2. The van der Waals surface area contributed by atoms with Crippen LogP contribution in [0.3, 0.4) is 0 Å². The van der Waals surface area contributed by atoms with Crippen LogP contribution in [-0.4, -0.2) is 62.9 Å². The molecule has 0 atom stereocenters. The molecule has 0 fully saturated rings. The third-order valence-corrected chi connectivity index (χ3v) is 4.72. The lowest BCUT2D eigenvalue weighted by Crippen LogP contribution is -2.42. The van der Waals surface area contributed by atoms with Crippen LogP contribution in [-0.2, 0) is 14.3 Å². The number of hydrogen-bond acceptors (Lipinski definition) is 7. The minimum Gasteiger partial charge on any atom is -0.487 e. The number of ether oxygens (including phenoxy) is 6. The summed E-state index contributed by atoms with van der Waals surface area (Å²) in [5, 5.41) is 8.89. The van der Waals surface area contributed by atoms with E-state index in [0.717, 1.165) is 0 Å². The molecular weight excluding hydrogens is 416 g/mol. The molecule has 0 aromatic heterocycles. The Hall–Kier alpha value is -2.97. The zero-order valence-corrected chi connectivity index (χ0v) is 18.3. The summed E-state index contributed by atoms with van der Waals surface area (Å²) in [5.41, 5.74) is -0.834. The highest BCUT2D eigenvalue weighted by Crippen LogP contribution is 2.30. The summed E-state index contributed by atoms with van der Waals surface area (Å²) >= 11 is 0. The Balaban J connectivity index is 1.76. The van der Waals surface area contributed by atoms with Crippen molar-refractivity contribution in [1.82, 2.24) is 0 Å². The fourth-order valence-electron chi connectivity index (χ4n) is 3.03. The maximum atomic E-state index is 10.8. The first kappa shape index (κ1) is 23.7. The van der Waals surface area contributed by atoms with Gasteiger partial charge in [-0.05, 0) is 37.6 Å². The van der Waals surface area contributed by atoms with E-state index < -0.39 is 11.6 Å². The molecule has 1 heterocycles. The van der Waals surface area contributed by atoms with Crippen LogP contribution in [0.4, 0.5) is 0 Å². The van der Waals surface area contributed by atoms with Crippen molar-refractivity contribution in [3.8, 4) is 23.0 Å². The molecule has 8 nitrogen and oxygen atoms in total. The van der Waals surface area contributed by atoms with Crippen LogP contribution >= 0.6 is 0 Å². The molecule has 0 aliphatic carbocycles. The number of carbonyl (C=O) groups is 1. The molecule has 0 radical (unpaired) electrons. The largest absolute Gasteiger partial charge is 0.487 e. The standard InChI is InChI=1S/C24H30O8/c1-24(32-12-6-11-23(25)26)17-30-21-9-4-2-7-19(21)28-15-13-27-14-16-29-20-8-3-5-10-22(20)31-18-24/h2-5,7-10H,6,11-18H2,1H3,(H,25,26). The average Bonchev–Trinajstić information content (AvgIpc) is 2.79. The second-order valence-electron chi connectivity index (χ2n) is 7.58. The van der Waals surface area contributed by atoms with Gasteiger partial charge in [0.2, 0.25) is 0 Å². The van der Waals surface area contributed by atoms with Gasteiger partial charge in [0, 0.05) is 13.0 Å². The van der Waals surface area contributed by atoms with Gasteiger partial charge in [0.05, 0.1) is 13.2 Å². The molecular formula is C24H30O8. The highest BCUT2D eigenvalue weighted by molar-refractivity contribution is 5.66. The van der Waals surface area contributed by atoms with Gasteiger partial charge in [0.15, 0.2) is 23.0 Å². The van der Waals surface area contributed by atoms with E-state index in [9.17, 15) is 4.79 Å². The Morgan fingerprint density at radius 1 is 0.844 bits per heavy atom. The lowest BCUT2D eigenvalue weighted by Gasteiger charge is -2.30. The van der Waals surface area contributed by atoms with Gasteiger partial charge >= 0.3 is 5.97 Å². The van der Waals surface area contributed by atoms with Gasteiger partial charge in [-0.2, -0.15) is 0 Å². The number of aliphatic carboxylic acids is 1. The quantitative estimate of drug-likeness (QED) is 0.697. The van der Waals surface area contributed by atoms with Crippen LogP contribution in [0.5, 0.6) is 23.0 Å². The number of carboxylic acid groups (broad SMARTS) is 1. The summed E-state index contributed by atoms with van der Waals surface area (Å²) < 4.78 is 35.3. The van der Waals surface area contributed by atoms with E-state index >= 15 is 0 Å². The minimum absolute atomic E-state index is 0.0349. The van der Waals surface area contributed by atoms with Gasteiger partial charge in [-0.1, -0.05) is 24.3 Å². The SMILES string of the molecule is CC1(OCCCC(=O)O)COc2ccccc2OCCOCCOc2ccccc2OC1. The normalized spacial score (nSPS) is 16.8. The summed E-state index contributed by atoms with van der Waals surface area (Å²) in [7, 11) is 0. The lowest BCUT2D eigenvalue weighted by atomic mass is 10.1. The first-order valence-electron chi connectivity index (χ1n) is 10.7. The van der Waals surface area contributed by atoms with E-state index in [2.05, 4.69) is 0 Å². The third-order valence-electron chi connectivity index (χ3n) is 4.72. The van der Waals surface area contributed by atoms with E-state index in [0.29, 0.717) is 55.8 Å². The Morgan fingerprint density at radius 2 is 1.31 bits per heavy atom. The highest BCUT2D eigenvalue weighted by atomic mass is 16.6. The van der Waals surface area contributed by atoms with Crippen LogP contribution in [0, 0.1) is 0 Å². The van der Waals surface area contributed by atoms with Gasteiger partial charge < -0.3 is 33.5 Å². The zero-order valence-electron chi connectivity index (χ0n) is 18.3. The molecule has 2 aromatic carbocycles. The van der Waals surface area contributed by atoms with Crippen molar-refractivity contribution in [2.45, 2.75) is 25.4 Å². The first-order valence-corrected chi connectivity index (χ1v) is 10.7. The highest BCUT2D eigenvalue weighted by Gasteiger charge is 2.29. The topological polar surface area (TPSA) is 92.7 Å². The van der Waals surface area contributed by atoms with Gasteiger partial charge in [0.25, 0.3) is 0 Å². The summed E-state index contributed by atoms with van der Waals surface area (Å²) in [6.45, 7) is 4.09. The molecule has 0 saturated heterocycles. The van der Waals surface area contributed by atoms with Crippen LogP contribution in [0.1, 0.15) is 19.8 Å². The monoisotopic (exact) mass is 446 g/mol. The average molecular weight is 446 g/mol. The lowest BCUT2D eigenvalue weighted by molar-refractivity contribution is -0.138. The van der Waals surface area contributed by atoms with Crippen molar-refractivity contribution in [3.63, 3.8) is 0 Å². The van der Waals surface area contributed by atoms with Crippen LogP contribution in [0.2, 0.25) is 0 Å². The number of fused-ring (bicyclic) bond motifs is 2. The number of rotatable bonds is 5. The van der Waals surface area contributed by atoms with Crippen LogP contribution in [0.15, 0.2) is 48.5 Å². The van der Waals surface area contributed by atoms with E-state index in [1.807, 2.05) is 55.5 Å². The molecule has 0 saturated carbocycles. The minimum atomic E-state index is -0.856. The molecule has 32 heavy (non-hydrogen) atoms. The maximum Gasteiger partial charge on any atom is 0.303 e. The van der Waals surface area contributed by atoms with Crippen LogP contribution in [0.25, 0.3) is 0 Å². The van der Waals surface area contributed by atoms with Crippen molar-refractivity contribution >= 4 is 5.97 Å². The van der Waals surface area contributed by atoms with Crippen molar-refractivity contribution in [1.29, 1.82) is 0 Å². The number of para-hydroxylation sites is 4. The fraction of sp³-hybridized carbons (Fsp3) is 0.458. The number of hydrogen-bond donors (Lipinski definition) is 1. The van der Waals surface area contributed by atoms with E-state index in [1.165, 1.54) is 0 Å². The Kier molecular flexibility index (Phi) is 9.01. The Bertz CT molecular complexity index is 798. The molecule has 1 N–H and O–H groups in total. The van der Waals surface area contributed by atoms with Gasteiger partial charge in [-0.25, -0.2) is 0 Å². The van der Waals surface area contributed by atoms with E-state index in [1.54, 1.807) is 0 Å². The second-order valence-corrected chi connectivity index (χ2v) is 7.58. The smallest absolute Gasteiger partial charge is 0.303 e. The Labute approximate surface area is 187 Å². The predicted octanol–water partition coefficient (Wildman–Crippen LogP) is 3.57. The molecule has 0 bridgehead atoms. The van der Waals surface area contributed by atoms with E-state index in [-0.39, 0.29) is 26.2 Å². The molecule has 0 amide bonds. The molecule has 1 aliphatic heterocycles. The predicted molar refractivity (Wildman–Crippen MR) is 117 cm³/mol. The summed E-state index contributed by atoms with van der Waals surface area (Å²) in [5.74, 6) is 1.54. The third kappa shape index (κ3) is 7.62. The number of benzene rings is 2.